The molecule has 0 radical (unpaired) electrons. The average Bonchev–Trinajstić information content (AvgIpc) is 4.13. The van der Waals surface area contributed by atoms with Crippen LogP contribution in [0.2, 0.25) is 0 Å². The number of aromatic nitrogens is 4. The molecule has 2 aliphatic heterocycles. The normalized spacial score (nSPS) is 22.5. The molecule has 7 atom stereocenters. The Labute approximate surface area is 359 Å². The molecule has 1 unspecified atom stereocenters. The minimum atomic E-state index is -0.915. The fourth-order valence-electron chi connectivity index (χ4n) is 10.4. The molecule has 6 aromatic rings. The summed E-state index contributed by atoms with van der Waals surface area (Å²) in [6.45, 7) is 8.40. The number of carbonyl (C=O) groups excluding carboxylic acids is 4. The molecule has 2 saturated heterocycles. The molecule has 9 rings (SSSR count). The number of carbonyl (C=O) groups is 4. The minimum Gasteiger partial charge on any atom is -0.453 e. The van der Waals surface area contributed by atoms with Gasteiger partial charge in [0.1, 0.15) is 23.7 Å². The highest BCUT2D eigenvalue weighted by atomic mass is 16.5. The average molecular weight is 843 g/mol. The fourth-order valence-corrected chi connectivity index (χ4v) is 10.4. The first-order valence-electron chi connectivity index (χ1n) is 21.5. The van der Waals surface area contributed by atoms with E-state index in [4.69, 9.17) is 24.2 Å². The Morgan fingerprint density at radius 3 is 1.92 bits per heavy atom. The van der Waals surface area contributed by atoms with E-state index in [0.717, 1.165) is 98.5 Å². The zero-order chi connectivity index (χ0) is 43.6. The number of piperidine rings is 1. The van der Waals surface area contributed by atoms with Crippen molar-refractivity contribution in [2.24, 2.45) is 11.3 Å². The van der Waals surface area contributed by atoms with Crippen LogP contribution in [-0.4, -0.2) is 106 Å². The summed E-state index contributed by atoms with van der Waals surface area (Å²) in [5, 5.41) is 9.61. The van der Waals surface area contributed by atoms with E-state index in [0.29, 0.717) is 6.54 Å². The highest BCUT2D eigenvalue weighted by molar-refractivity contribution is 6.07. The number of hydrogen-bond acceptors (Lipinski definition) is 9. The van der Waals surface area contributed by atoms with Gasteiger partial charge in [-0.2, -0.15) is 0 Å². The van der Waals surface area contributed by atoms with E-state index < -0.39 is 30.4 Å². The molecule has 3 fully saturated rings. The predicted molar refractivity (Wildman–Crippen MR) is 235 cm³/mol. The number of methoxy groups -OCH3 is 3. The van der Waals surface area contributed by atoms with Gasteiger partial charge in [0.2, 0.25) is 11.8 Å². The highest BCUT2D eigenvalue weighted by Crippen LogP contribution is 2.59. The number of H-pyrrole nitrogens is 2. The lowest BCUT2D eigenvalue weighted by atomic mass is 9.81. The van der Waals surface area contributed by atoms with Crippen LogP contribution in [0.3, 0.4) is 0 Å². The number of rotatable bonds is 10. The lowest BCUT2D eigenvalue weighted by molar-refractivity contribution is -0.142. The van der Waals surface area contributed by atoms with E-state index in [1.165, 1.54) is 21.3 Å². The Kier molecular flexibility index (Phi) is 10.6. The third-order valence-electron chi connectivity index (χ3n) is 13.7. The van der Waals surface area contributed by atoms with E-state index in [2.05, 4.69) is 76.1 Å². The van der Waals surface area contributed by atoms with Crippen molar-refractivity contribution in [3.05, 3.63) is 72.3 Å². The summed E-state index contributed by atoms with van der Waals surface area (Å²) in [7, 11) is 4.10. The number of hydrogen-bond donors (Lipinski definition) is 4. The van der Waals surface area contributed by atoms with Gasteiger partial charge in [0.15, 0.2) is 0 Å². The first kappa shape index (κ1) is 41.1. The summed E-state index contributed by atoms with van der Waals surface area (Å²) in [6, 6.07) is 19.0. The van der Waals surface area contributed by atoms with E-state index >= 15 is 0 Å². The molecule has 4 aromatic carbocycles. The van der Waals surface area contributed by atoms with Crippen LogP contribution in [0.15, 0.2) is 60.7 Å². The Morgan fingerprint density at radius 1 is 0.758 bits per heavy atom. The molecule has 2 aromatic heterocycles. The number of alkyl carbamates (subject to hydrolysis) is 2. The maximum absolute atomic E-state index is 14.3. The van der Waals surface area contributed by atoms with Crippen LogP contribution in [0.1, 0.15) is 83.5 Å². The number of amides is 4. The van der Waals surface area contributed by atoms with Crippen LogP contribution >= 0.6 is 0 Å². The van der Waals surface area contributed by atoms with Crippen molar-refractivity contribution in [1.82, 2.24) is 40.4 Å². The van der Waals surface area contributed by atoms with E-state index in [9.17, 15) is 19.2 Å². The molecule has 15 heteroatoms. The topological polar surface area (TPSA) is 184 Å². The monoisotopic (exact) mass is 842 g/mol. The van der Waals surface area contributed by atoms with Crippen molar-refractivity contribution >= 4 is 67.6 Å². The van der Waals surface area contributed by atoms with Gasteiger partial charge in [0.05, 0.1) is 54.5 Å². The van der Waals surface area contributed by atoms with Crippen LogP contribution in [-0.2, 0) is 23.8 Å². The quantitative estimate of drug-likeness (QED) is 0.108. The van der Waals surface area contributed by atoms with E-state index in [1.807, 2.05) is 35.8 Å². The molecule has 4 heterocycles. The van der Waals surface area contributed by atoms with Crippen molar-refractivity contribution in [1.29, 1.82) is 0 Å². The molecule has 2 bridgehead atoms. The van der Waals surface area contributed by atoms with E-state index in [1.54, 1.807) is 6.92 Å². The van der Waals surface area contributed by atoms with Gasteiger partial charge in [-0.05, 0) is 96.5 Å². The first-order valence-corrected chi connectivity index (χ1v) is 21.5. The van der Waals surface area contributed by atoms with Gasteiger partial charge in [0.25, 0.3) is 0 Å². The van der Waals surface area contributed by atoms with Gasteiger partial charge in [-0.25, -0.2) is 19.6 Å². The molecule has 0 spiro atoms. The van der Waals surface area contributed by atoms with Crippen LogP contribution in [0, 0.1) is 11.3 Å². The maximum Gasteiger partial charge on any atom is 0.407 e. The second-order valence-corrected chi connectivity index (χ2v) is 17.8. The second kappa shape index (κ2) is 15.9. The third-order valence-corrected chi connectivity index (χ3v) is 13.7. The van der Waals surface area contributed by atoms with Gasteiger partial charge in [-0.15, -0.1) is 0 Å². The maximum atomic E-state index is 14.3. The molecular formula is C47H54N8O7. The lowest BCUT2D eigenvalue weighted by Crippen LogP contribution is -2.56. The van der Waals surface area contributed by atoms with Crippen LogP contribution in [0.4, 0.5) is 9.59 Å². The van der Waals surface area contributed by atoms with Gasteiger partial charge >= 0.3 is 12.2 Å². The van der Waals surface area contributed by atoms with Crippen molar-refractivity contribution in [3.63, 3.8) is 0 Å². The summed E-state index contributed by atoms with van der Waals surface area (Å²) >= 11 is 0. The largest absolute Gasteiger partial charge is 0.453 e. The van der Waals surface area contributed by atoms with Gasteiger partial charge in [-0.1, -0.05) is 57.2 Å². The zero-order valence-electron chi connectivity index (χ0n) is 36.2. The summed E-state index contributed by atoms with van der Waals surface area (Å²) in [4.78, 5) is 73.5. The van der Waals surface area contributed by atoms with Crippen LogP contribution in [0.5, 0.6) is 0 Å². The first-order chi connectivity index (χ1) is 29.8. The number of aromatic amines is 2. The number of fused-ring (bicyclic) bond motifs is 8. The summed E-state index contributed by atoms with van der Waals surface area (Å²) in [5.41, 5.74) is 5.44. The standard InChI is InChI=1S/C47H54N8O7/c1-24(2)36(52-45(58)61-6)43(56)54-20-8-9-35(54)41-48-33-16-12-28-21-26(10-14-31(28)38(33)50-41)27-11-15-32-29(22-27)13-17-34-39(32)51-42(49-34)40-47(4)19-18-30(23-47)55(40)44(57)37(25(3)60-5)53-46(59)62-7/h10-17,21-22,24-25,30,35-37,40H,8-9,18-20,23H2,1-7H3,(H,48,50)(H,49,51)(H,52,58)(H,53,59)/t25-,30-,35+,36+,37+,40-,47?/m1/s1. The second-order valence-electron chi connectivity index (χ2n) is 17.8. The Bertz CT molecular complexity index is 2740. The molecule has 1 saturated carbocycles. The predicted octanol–water partition coefficient (Wildman–Crippen LogP) is 7.66. The summed E-state index contributed by atoms with van der Waals surface area (Å²) < 4.78 is 15.2. The number of nitrogens with zero attached hydrogens (tertiary/aromatic N) is 4. The number of nitrogens with one attached hydrogen (secondary N) is 4. The minimum absolute atomic E-state index is 0.0264. The number of imidazole rings is 2. The van der Waals surface area contributed by atoms with Crippen molar-refractivity contribution in [2.75, 3.05) is 27.9 Å². The number of benzene rings is 4. The van der Waals surface area contributed by atoms with Crippen LogP contribution < -0.4 is 10.6 Å². The van der Waals surface area contributed by atoms with Gasteiger partial charge < -0.3 is 44.6 Å². The van der Waals surface area contributed by atoms with Gasteiger partial charge in [0, 0.05) is 30.5 Å². The molecule has 324 valence electrons. The molecule has 3 aliphatic rings. The molecule has 1 aliphatic carbocycles. The van der Waals surface area contributed by atoms with Crippen LogP contribution in [0.25, 0.3) is 54.7 Å². The molecule has 4 amide bonds. The molecule has 4 N–H and O–H groups in total. The fraction of sp³-hybridized carbons (Fsp3) is 0.447. The van der Waals surface area contributed by atoms with Gasteiger partial charge in [-0.3, -0.25) is 9.59 Å². The van der Waals surface area contributed by atoms with Crippen molar-refractivity contribution in [3.8, 4) is 11.1 Å². The Morgan fingerprint density at radius 2 is 1.34 bits per heavy atom. The highest BCUT2D eigenvalue weighted by Gasteiger charge is 2.58. The zero-order valence-corrected chi connectivity index (χ0v) is 36.2. The summed E-state index contributed by atoms with van der Waals surface area (Å²) in [5.74, 6) is 1.01. The SMILES string of the molecule is COC(=O)N[C@H](C(=O)N1CCC[C@H]1c1nc2ccc3cc(-c4ccc5c(ccc6nc([C@H]7N(C(=O)[C@@H](NC(=O)OC)[C@@H](C)OC)[C@@H]8CCC7(C)C8)[nH]c65)c4)ccc3c2[nH]1)C(C)C. The van der Waals surface area contributed by atoms with Crippen molar-refractivity contribution < 1.29 is 33.4 Å². The smallest absolute Gasteiger partial charge is 0.407 e. The third kappa shape index (κ3) is 6.95. The molecule has 62 heavy (non-hydrogen) atoms. The summed E-state index contributed by atoms with van der Waals surface area (Å²) in [6.07, 6.45) is 2.44. The van der Waals surface area contributed by atoms with E-state index in [-0.39, 0.29) is 41.3 Å². The molecular weight excluding hydrogens is 789 g/mol. The lowest BCUT2D eigenvalue weighted by Gasteiger charge is -2.41. The number of likely N-dealkylation sites (tertiary alicyclic amines) is 2. The molecule has 15 nitrogen and oxygen atoms in total. The Balaban J connectivity index is 0.997. The Hall–Kier alpha value is -6.22. The van der Waals surface area contributed by atoms with Crippen molar-refractivity contribution in [2.45, 2.75) is 96.1 Å². The number of ether oxygens (including phenoxy) is 3.